The van der Waals surface area contributed by atoms with Crippen molar-refractivity contribution in [2.45, 2.75) is 74.4 Å². The molecule has 2 aliphatic carbocycles. The molecule has 3 fully saturated rings. The molecule has 1 aromatic heterocycles. The number of nitrogens with zero attached hydrogens (tertiary/aromatic N) is 3. The van der Waals surface area contributed by atoms with Gasteiger partial charge in [0.1, 0.15) is 0 Å². The van der Waals surface area contributed by atoms with Gasteiger partial charge in [0, 0.05) is 17.9 Å². The molecule has 0 bridgehead atoms. The number of aromatic amines is 1. The molecule has 1 saturated heterocycles. The van der Waals surface area contributed by atoms with Crippen LogP contribution in [0.4, 0.5) is 13.2 Å². The summed E-state index contributed by atoms with van der Waals surface area (Å²) in [5, 5.41) is 17.1. The number of hydrogen-bond donors (Lipinski definition) is 2. The summed E-state index contributed by atoms with van der Waals surface area (Å²) in [6.07, 6.45) is 4.61. The molecule has 7 nitrogen and oxygen atoms in total. The lowest BCUT2D eigenvalue weighted by atomic mass is 9.73. The number of halogens is 3. The lowest BCUT2D eigenvalue weighted by Gasteiger charge is -2.32. The Morgan fingerprint density at radius 3 is 2.47 bits per heavy atom. The number of aromatic nitrogens is 4. The van der Waals surface area contributed by atoms with Crippen molar-refractivity contribution in [3.8, 4) is 11.4 Å². The van der Waals surface area contributed by atoms with Gasteiger partial charge in [0.15, 0.2) is 9.84 Å². The van der Waals surface area contributed by atoms with E-state index in [0.29, 0.717) is 17.5 Å². The predicted octanol–water partition coefficient (Wildman–Crippen LogP) is 4.34. The van der Waals surface area contributed by atoms with Gasteiger partial charge in [-0.25, -0.2) is 8.42 Å². The highest BCUT2D eigenvalue weighted by molar-refractivity contribution is 7.91. The van der Waals surface area contributed by atoms with Crippen LogP contribution in [0.15, 0.2) is 17.0 Å². The van der Waals surface area contributed by atoms with E-state index >= 15 is 0 Å². The minimum Gasteiger partial charge on any atom is -0.314 e. The molecule has 1 aromatic carbocycles. The zero-order chi connectivity index (χ0) is 24.1. The lowest BCUT2D eigenvalue weighted by molar-refractivity contribution is -0.139. The van der Waals surface area contributed by atoms with E-state index in [-0.39, 0.29) is 17.3 Å². The predicted molar refractivity (Wildman–Crippen MR) is 120 cm³/mol. The van der Waals surface area contributed by atoms with E-state index in [1.807, 2.05) is 0 Å². The third-order valence-electron chi connectivity index (χ3n) is 8.21. The van der Waals surface area contributed by atoms with E-state index in [9.17, 15) is 21.6 Å². The van der Waals surface area contributed by atoms with Gasteiger partial charge >= 0.3 is 6.18 Å². The number of tetrazole rings is 1. The van der Waals surface area contributed by atoms with E-state index in [0.717, 1.165) is 56.4 Å². The van der Waals surface area contributed by atoms with E-state index in [1.54, 1.807) is 0 Å². The molecular weight excluding hydrogens is 467 g/mol. The van der Waals surface area contributed by atoms with Crippen molar-refractivity contribution in [3.63, 3.8) is 0 Å². The van der Waals surface area contributed by atoms with Crippen LogP contribution in [0.1, 0.15) is 68.4 Å². The lowest BCUT2D eigenvalue weighted by Crippen LogP contribution is -2.24. The molecule has 0 radical (unpaired) electrons. The largest absolute Gasteiger partial charge is 0.417 e. The minimum absolute atomic E-state index is 0.0444. The van der Waals surface area contributed by atoms with Crippen molar-refractivity contribution in [2.75, 3.05) is 12.8 Å². The SMILES string of the molecule is CS(=O)(=O)c1c(C(F)(F)F)ccc(C2CCC(CC3CC[C@H]4NCC[C@@H]34)CC2)c1-c1nn[nH]n1. The first kappa shape index (κ1) is 23.7. The summed E-state index contributed by atoms with van der Waals surface area (Å²) in [5.41, 5.74) is -0.687. The van der Waals surface area contributed by atoms with Crippen LogP contribution in [0.25, 0.3) is 11.4 Å². The Morgan fingerprint density at radius 2 is 1.82 bits per heavy atom. The number of rotatable bonds is 5. The van der Waals surface area contributed by atoms with Crippen LogP contribution < -0.4 is 5.32 Å². The van der Waals surface area contributed by atoms with E-state index in [1.165, 1.54) is 31.7 Å². The van der Waals surface area contributed by atoms with Crippen LogP contribution in [0.5, 0.6) is 0 Å². The average Bonchev–Trinajstić information content (AvgIpc) is 3.52. The molecule has 1 aliphatic heterocycles. The maximum absolute atomic E-state index is 13.8. The van der Waals surface area contributed by atoms with Gasteiger partial charge in [-0.2, -0.15) is 18.4 Å². The Bertz CT molecular complexity index is 1130. The second-order valence-corrected chi connectivity index (χ2v) is 12.2. The molecular formula is C23H30F3N5O2S. The Kier molecular flexibility index (Phi) is 6.20. The summed E-state index contributed by atoms with van der Waals surface area (Å²) < 4.78 is 66.5. The zero-order valence-electron chi connectivity index (χ0n) is 19.1. The molecule has 0 amide bonds. The van der Waals surface area contributed by atoms with E-state index < -0.39 is 26.5 Å². The molecule has 11 heteroatoms. The first-order chi connectivity index (χ1) is 16.1. The highest BCUT2D eigenvalue weighted by atomic mass is 32.2. The Hall–Kier alpha value is -2.01. The van der Waals surface area contributed by atoms with Gasteiger partial charge in [0.2, 0.25) is 5.82 Å². The van der Waals surface area contributed by atoms with Crippen LogP contribution in [0.2, 0.25) is 0 Å². The smallest absolute Gasteiger partial charge is 0.314 e. The molecule has 34 heavy (non-hydrogen) atoms. The van der Waals surface area contributed by atoms with Crippen LogP contribution >= 0.6 is 0 Å². The first-order valence-electron chi connectivity index (χ1n) is 12.0. The standard InChI is InChI=1S/C23H30F3N5O2S/c1-34(32,33)21-18(23(24,25)26)8-7-17(20(21)22-28-30-31-29-22)14-4-2-13(3-5-14)12-15-6-9-19-16(15)10-11-27-19/h7-8,13-16,19,27H,2-6,9-12H2,1H3,(H,28,29,30,31)/t13?,14?,15?,16-,19+/m0/s1. The first-order valence-corrected chi connectivity index (χ1v) is 13.9. The Labute approximate surface area is 197 Å². The molecule has 5 rings (SSSR count). The number of nitrogens with one attached hydrogen (secondary N) is 2. The number of fused-ring (bicyclic) bond motifs is 1. The Balaban J connectivity index is 1.42. The van der Waals surface area contributed by atoms with Gasteiger partial charge in [-0.05, 0) is 98.4 Å². The molecule has 3 atom stereocenters. The number of benzene rings is 1. The van der Waals surface area contributed by atoms with Crippen molar-refractivity contribution in [2.24, 2.45) is 17.8 Å². The van der Waals surface area contributed by atoms with Gasteiger partial charge in [0.25, 0.3) is 0 Å². The van der Waals surface area contributed by atoms with Gasteiger partial charge in [-0.3, -0.25) is 0 Å². The molecule has 2 heterocycles. The number of hydrogen-bond acceptors (Lipinski definition) is 6. The summed E-state index contributed by atoms with van der Waals surface area (Å²) in [4.78, 5) is -0.758. The van der Waals surface area contributed by atoms with Crippen molar-refractivity contribution in [3.05, 3.63) is 23.3 Å². The second-order valence-electron chi connectivity index (χ2n) is 10.2. The molecule has 2 N–H and O–H groups in total. The van der Waals surface area contributed by atoms with Gasteiger partial charge in [-0.1, -0.05) is 6.07 Å². The molecule has 186 valence electrons. The number of alkyl halides is 3. The molecule has 2 aromatic rings. The summed E-state index contributed by atoms with van der Waals surface area (Å²) in [7, 11) is -4.22. The van der Waals surface area contributed by atoms with Crippen molar-refractivity contribution in [1.82, 2.24) is 25.9 Å². The normalized spacial score (nSPS) is 29.9. The fourth-order valence-electron chi connectivity index (χ4n) is 6.75. The highest BCUT2D eigenvalue weighted by Crippen LogP contribution is 2.48. The van der Waals surface area contributed by atoms with Crippen LogP contribution in [-0.4, -0.2) is 47.9 Å². The highest BCUT2D eigenvalue weighted by Gasteiger charge is 2.42. The summed E-state index contributed by atoms with van der Waals surface area (Å²) >= 11 is 0. The fraction of sp³-hybridized carbons (Fsp3) is 0.696. The van der Waals surface area contributed by atoms with Gasteiger partial charge in [0.05, 0.1) is 10.5 Å². The maximum atomic E-state index is 13.8. The third-order valence-corrected chi connectivity index (χ3v) is 9.38. The van der Waals surface area contributed by atoms with Crippen molar-refractivity contribution in [1.29, 1.82) is 0 Å². The number of sulfone groups is 1. The van der Waals surface area contributed by atoms with Crippen molar-refractivity contribution >= 4 is 9.84 Å². The minimum atomic E-state index is -4.82. The Morgan fingerprint density at radius 1 is 1.06 bits per heavy atom. The second kappa shape index (κ2) is 8.89. The average molecular weight is 498 g/mol. The van der Waals surface area contributed by atoms with Crippen LogP contribution in [0, 0.1) is 17.8 Å². The molecule has 2 saturated carbocycles. The maximum Gasteiger partial charge on any atom is 0.417 e. The van der Waals surface area contributed by atoms with Gasteiger partial charge in [-0.15, -0.1) is 10.2 Å². The van der Waals surface area contributed by atoms with E-state index in [4.69, 9.17) is 0 Å². The summed E-state index contributed by atoms with van der Waals surface area (Å²) in [6, 6.07) is 2.99. The molecule has 3 aliphatic rings. The molecule has 0 spiro atoms. The summed E-state index contributed by atoms with van der Waals surface area (Å²) in [6.45, 7) is 1.12. The van der Waals surface area contributed by atoms with Crippen LogP contribution in [0.3, 0.4) is 0 Å². The third kappa shape index (κ3) is 4.48. The van der Waals surface area contributed by atoms with Crippen LogP contribution in [-0.2, 0) is 16.0 Å². The number of H-pyrrole nitrogens is 1. The monoisotopic (exact) mass is 497 g/mol. The van der Waals surface area contributed by atoms with Crippen molar-refractivity contribution < 1.29 is 21.6 Å². The quantitative estimate of drug-likeness (QED) is 0.637. The topological polar surface area (TPSA) is 101 Å². The van der Waals surface area contributed by atoms with Gasteiger partial charge < -0.3 is 5.32 Å². The summed E-state index contributed by atoms with van der Waals surface area (Å²) in [5.74, 6) is 2.00. The van der Waals surface area contributed by atoms with E-state index in [2.05, 4.69) is 25.9 Å². The fourth-order valence-corrected chi connectivity index (χ4v) is 7.91. The molecule has 1 unspecified atom stereocenters. The zero-order valence-corrected chi connectivity index (χ0v) is 19.9.